The standard InChI is InChI=1S/C24H27N3O3S/c1-4-26-11-12-27(24(29)22-16(2)25-30-17(22)3)15-20(23(26)28)14-18-7-9-19(10-8-18)21-6-5-13-31-21/h5-10,13,20H,4,11-12,14-15H2,1-3H3/t20-/m0/s1. The van der Waals surface area contributed by atoms with Crippen LogP contribution in [0.5, 0.6) is 0 Å². The summed E-state index contributed by atoms with van der Waals surface area (Å²) in [6.07, 6.45) is 0.603. The van der Waals surface area contributed by atoms with Crippen molar-refractivity contribution >= 4 is 23.2 Å². The van der Waals surface area contributed by atoms with E-state index < -0.39 is 0 Å². The van der Waals surface area contributed by atoms with E-state index in [0.29, 0.717) is 49.6 Å². The fourth-order valence-corrected chi connectivity index (χ4v) is 4.91. The smallest absolute Gasteiger partial charge is 0.259 e. The fourth-order valence-electron chi connectivity index (χ4n) is 4.17. The van der Waals surface area contributed by atoms with E-state index in [2.05, 4.69) is 40.9 Å². The van der Waals surface area contributed by atoms with Gasteiger partial charge in [0.1, 0.15) is 11.3 Å². The predicted molar refractivity (Wildman–Crippen MR) is 121 cm³/mol. The van der Waals surface area contributed by atoms with Crippen molar-refractivity contribution in [3.63, 3.8) is 0 Å². The summed E-state index contributed by atoms with van der Waals surface area (Å²) in [7, 11) is 0. The molecule has 4 rings (SSSR count). The minimum Gasteiger partial charge on any atom is -0.361 e. The number of aryl methyl sites for hydroxylation is 2. The zero-order valence-electron chi connectivity index (χ0n) is 18.1. The van der Waals surface area contributed by atoms with Crippen LogP contribution < -0.4 is 0 Å². The zero-order valence-corrected chi connectivity index (χ0v) is 18.9. The molecule has 162 valence electrons. The lowest BCUT2D eigenvalue weighted by atomic mass is 9.96. The number of likely N-dealkylation sites (N-methyl/N-ethyl adjacent to an activating group) is 1. The average Bonchev–Trinajstić information content (AvgIpc) is 3.39. The Balaban J connectivity index is 1.55. The number of aromatic nitrogens is 1. The highest BCUT2D eigenvalue weighted by atomic mass is 32.1. The maximum absolute atomic E-state index is 13.2. The van der Waals surface area contributed by atoms with Gasteiger partial charge < -0.3 is 14.3 Å². The predicted octanol–water partition coefficient (Wildman–Crippen LogP) is 4.18. The highest BCUT2D eigenvalue weighted by molar-refractivity contribution is 7.13. The maximum Gasteiger partial charge on any atom is 0.259 e. The molecule has 0 saturated carbocycles. The van der Waals surface area contributed by atoms with Crippen LogP contribution in [0.25, 0.3) is 10.4 Å². The third-order valence-corrected chi connectivity index (χ3v) is 6.82. The van der Waals surface area contributed by atoms with E-state index in [1.807, 2.05) is 17.9 Å². The van der Waals surface area contributed by atoms with Gasteiger partial charge in [0.15, 0.2) is 0 Å². The number of benzene rings is 1. The van der Waals surface area contributed by atoms with Crippen molar-refractivity contribution < 1.29 is 14.1 Å². The second-order valence-electron chi connectivity index (χ2n) is 7.94. The van der Waals surface area contributed by atoms with Gasteiger partial charge in [0, 0.05) is 31.1 Å². The van der Waals surface area contributed by atoms with E-state index in [1.54, 1.807) is 30.1 Å². The molecule has 0 N–H and O–H groups in total. The van der Waals surface area contributed by atoms with Crippen molar-refractivity contribution in [1.82, 2.24) is 15.0 Å². The Morgan fingerprint density at radius 2 is 1.97 bits per heavy atom. The molecule has 0 aliphatic carbocycles. The molecular weight excluding hydrogens is 410 g/mol. The molecule has 1 aliphatic heterocycles. The van der Waals surface area contributed by atoms with E-state index in [1.165, 1.54) is 10.4 Å². The molecule has 1 aromatic carbocycles. The fraction of sp³-hybridized carbons (Fsp3) is 0.375. The molecule has 3 aromatic rings. The number of hydrogen-bond acceptors (Lipinski definition) is 5. The average molecular weight is 438 g/mol. The van der Waals surface area contributed by atoms with Crippen LogP contribution >= 0.6 is 11.3 Å². The van der Waals surface area contributed by atoms with Crippen LogP contribution in [-0.4, -0.2) is 52.9 Å². The van der Waals surface area contributed by atoms with E-state index in [0.717, 1.165) is 5.56 Å². The van der Waals surface area contributed by atoms with Crippen LogP contribution in [0.3, 0.4) is 0 Å². The number of carbonyl (C=O) groups excluding carboxylic acids is 2. The third kappa shape index (κ3) is 4.42. The van der Waals surface area contributed by atoms with Crippen molar-refractivity contribution in [2.75, 3.05) is 26.2 Å². The largest absolute Gasteiger partial charge is 0.361 e. The number of nitrogens with zero attached hydrogens (tertiary/aromatic N) is 3. The topological polar surface area (TPSA) is 66.7 Å². The Labute approximate surface area is 186 Å². The number of hydrogen-bond donors (Lipinski definition) is 0. The summed E-state index contributed by atoms with van der Waals surface area (Å²) in [5, 5.41) is 5.99. The van der Waals surface area contributed by atoms with Crippen LogP contribution in [0.2, 0.25) is 0 Å². The van der Waals surface area contributed by atoms with Crippen molar-refractivity contribution in [1.29, 1.82) is 0 Å². The lowest BCUT2D eigenvalue weighted by Crippen LogP contribution is -2.38. The van der Waals surface area contributed by atoms with E-state index in [4.69, 9.17) is 4.52 Å². The Kier molecular flexibility index (Phi) is 6.23. The number of rotatable bonds is 5. The summed E-state index contributed by atoms with van der Waals surface area (Å²) in [5.74, 6) is 0.240. The molecule has 1 fully saturated rings. The Bertz CT molecular complexity index is 1040. The first kappa shape index (κ1) is 21.3. The van der Waals surface area contributed by atoms with Gasteiger partial charge in [-0.3, -0.25) is 9.59 Å². The van der Waals surface area contributed by atoms with Crippen molar-refractivity contribution in [2.24, 2.45) is 5.92 Å². The van der Waals surface area contributed by atoms with Gasteiger partial charge in [-0.1, -0.05) is 35.5 Å². The highest BCUT2D eigenvalue weighted by Crippen LogP contribution is 2.26. The Morgan fingerprint density at radius 1 is 1.19 bits per heavy atom. The lowest BCUT2D eigenvalue weighted by Gasteiger charge is -2.23. The monoisotopic (exact) mass is 437 g/mol. The van der Waals surface area contributed by atoms with Crippen molar-refractivity contribution in [3.8, 4) is 10.4 Å². The molecule has 1 atom stereocenters. The van der Waals surface area contributed by atoms with Gasteiger partial charge in [0.05, 0.1) is 11.6 Å². The lowest BCUT2D eigenvalue weighted by molar-refractivity contribution is -0.134. The minimum atomic E-state index is -0.278. The molecular formula is C24H27N3O3S. The number of thiophene rings is 1. The first-order valence-corrected chi connectivity index (χ1v) is 11.5. The van der Waals surface area contributed by atoms with Crippen LogP contribution in [0, 0.1) is 19.8 Å². The van der Waals surface area contributed by atoms with Crippen LogP contribution in [0.15, 0.2) is 46.3 Å². The summed E-state index contributed by atoms with van der Waals surface area (Å²) in [4.78, 5) is 31.3. The Hall–Kier alpha value is -2.93. The summed E-state index contributed by atoms with van der Waals surface area (Å²) >= 11 is 1.71. The second kappa shape index (κ2) is 9.06. The van der Waals surface area contributed by atoms with Crippen LogP contribution in [-0.2, 0) is 11.2 Å². The zero-order chi connectivity index (χ0) is 22.0. The quantitative estimate of drug-likeness (QED) is 0.601. The minimum absolute atomic E-state index is 0.110. The number of amides is 2. The number of carbonyl (C=O) groups is 2. The van der Waals surface area contributed by atoms with Crippen molar-refractivity contribution in [2.45, 2.75) is 27.2 Å². The third-order valence-electron chi connectivity index (χ3n) is 5.90. The van der Waals surface area contributed by atoms with E-state index >= 15 is 0 Å². The molecule has 31 heavy (non-hydrogen) atoms. The summed E-state index contributed by atoms with van der Waals surface area (Å²) < 4.78 is 5.19. The first-order valence-electron chi connectivity index (χ1n) is 10.6. The van der Waals surface area contributed by atoms with Gasteiger partial charge in [-0.2, -0.15) is 0 Å². The van der Waals surface area contributed by atoms with Gasteiger partial charge in [-0.15, -0.1) is 11.3 Å². The van der Waals surface area contributed by atoms with Crippen LogP contribution in [0.1, 0.15) is 34.3 Å². The van der Waals surface area contributed by atoms with E-state index in [9.17, 15) is 9.59 Å². The molecule has 1 aliphatic rings. The first-order chi connectivity index (χ1) is 15.0. The summed E-state index contributed by atoms with van der Waals surface area (Å²) in [6, 6.07) is 12.5. The van der Waals surface area contributed by atoms with Gasteiger partial charge in [0.2, 0.25) is 5.91 Å². The Morgan fingerprint density at radius 3 is 2.58 bits per heavy atom. The van der Waals surface area contributed by atoms with Crippen LogP contribution in [0.4, 0.5) is 0 Å². The summed E-state index contributed by atoms with van der Waals surface area (Å²) in [6.45, 7) is 7.59. The molecule has 0 bridgehead atoms. The molecule has 2 amide bonds. The van der Waals surface area contributed by atoms with Gasteiger partial charge in [0.25, 0.3) is 5.91 Å². The van der Waals surface area contributed by atoms with Crippen molar-refractivity contribution in [3.05, 3.63) is 64.4 Å². The molecule has 3 heterocycles. The normalized spacial score (nSPS) is 17.1. The second-order valence-corrected chi connectivity index (χ2v) is 8.89. The molecule has 1 saturated heterocycles. The molecule has 0 spiro atoms. The molecule has 2 aromatic heterocycles. The molecule has 0 unspecified atom stereocenters. The maximum atomic E-state index is 13.2. The SMILES string of the molecule is CCN1CCN(C(=O)c2c(C)noc2C)C[C@H](Cc2ccc(-c3cccs3)cc2)C1=O. The molecule has 0 radical (unpaired) electrons. The van der Waals surface area contributed by atoms with Gasteiger partial charge in [-0.25, -0.2) is 0 Å². The highest BCUT2D eigenvalue weighted by Gasteiger charge is 2.33. The molecule has 7 heteroatoms. The summed E-state index contributed by atoms with van der Waals surface area (Å²) in [5.41, 5.74) is 3.38. The molecule has 6 nitrogen and oxygen atoms in total. The van der Waals surface area contributed by atoms with Gasteiger partial charge >= 0.3 is 0 Å². The van der Waals surface area contributed by atoms with Gasteiger partial charge in [-0.05, 0) is 49.8 Å². The van der Waals surface area contributed by atoms with E-state index in [-0.39, 0.29) is 17.7 Å².